The van der Waals surface area contributed by atoms with E-state index in [2.05, 4.69) is 0 Å². The van der Waals surface area contributed by atoms with E-state index in [1.165, 1.54) is 6.92 Å². The standard InChI is InChI=1S/C21H31ClO5/c1-13-16(14(2)23)18(24)15(19(25)17(13)22)11-9-7-6-8-10-12-27-20(26)21(3,4)5/h24-25H,6-12H2,1-5H3. The summed E-state index contributed by atoms with van der Waals surface area (Å²) in [7, 11) is 0. The molecule has 0 aliphatic carbocycles. The number of esters is 1. The van der Waals surface area contributed by atoms with Crippen molar-refractivity contribution in [3.05, 3.63) is 21.7 Å². The summed E-state index contributed by atoms with van der Waals surface area (Å²) >= 11 is 6.10. The van der Waals surface area contributed by atoms with Gasteiger partial charge in [-0.15, -0.1) is 0 Å². The van der Waals surface area contributed by atoms with Crippen LogP contribution >= 0.6 is 11.6 Å². The van der Waals surface area contributed by atoms with Gasteiger partial charge in [0.2, 0.25) is 0 Å². The van der Waals surface area contributed by atoms with Crippen molar-refractivity contribution in [1.29, 1.82) is 0 Å². The van der Waals surface area contributed by atoms with Crippen molar-refractivity contribution >= 4 is 23.4 Å². The molecular weight excluding hydrogens is 368 g/mol. The first-order chi connectivity index (χ1) is 12.5. The number of carbonyl (C=O) groups is 2. The Morgan fingerprint density at radius 1 is 1.00 bits per heavy atom. The third-order valence-electron chi connectivity index (χ3n) is 4.49. The van der Waals surface area contributed by atoms with E-state index >= 15 is 0 Å². The molecule has 0 aromatic heterocycles. The van der Waals surface area contributed by atoms with Gasteiger partial charge in [0.25, 0.3) is 0 Å². The van der Waals surface area contributed by atoms with Crippen molar-refractivity contribution in [2.45, 2.75) is 73.1 Å². The summed E-state index contributed by atoms with van der Waals surface area (Å²) in [6, 6.07) is 0. The molecule has 0 atom stereocenters. The number of rotatable bonds is 9. The Morgan fingerprint density at radius 2 is 1.56 bits per heavy atom. The number of aromatic hydroxyl groups is 2. The van der Waals surface area contributed by atoms with Crippen LogP contribution in [0.3, 0.4) is 0 Å². The maximum absolute atomic E-state index is 11.8. The second-order valence-corrected chi connectivity index (χ2v) is 8.33. The normalized spacial score (nSPS) is 11.5. The number of Topliss-reactive ketones (excluding diaryl/α,β-unsaturated/α-hetero) is 1. The molecule has 0 aliphatic heterocycles. The highest BCUT2D eigenvalue weighted by Gasteiger charge is 2.23. The molecule has 0 radical (unpaired) electrons. The van der Waals surface area contributed by atoms with E-state index in [0.29, 0.717) is 24.2 Å². The quantitative estimate of drug-likeness (QED) is 0.333. The summed E-state index contributed by atoms with van der Waals surface area (Å²) in [5.41, 5.74) is 0.425. The molecule has 0 spiro atoms. The molecule has 5 nitrogen and oxygen atoms in total. The molecule has 1 aromatic carbocycles. The molecule has 6 heteroatoms. The Bertz CT molecular complexity index is 689. The number of phenols is 2. The molecule has 0 unspecified atom stereocenters. The summed E-state index contributed by atoms with van der Waals surface area (Å²) in [6.07, 6.45) is 4.78. The number of hydrogen-bond acceptors (Lipinski definition) is 5. The third-order valence-corrected chi connectivity index (χ3v) is 4.95. The van der Waals surface area contributed by atoms with Gasteiger partial charge in [0.1, 0.15) is 11.5 Å². The zero-order valence-electron chi connectivity index (χ0n) is 16.9. The average Bonchev–Trinajstić information content (AvgIpc) is 2.56. The summed E-state index contributed by atoms with van der Waals surface area (Å²) in [5.74, 6) is -0.786. The minimum atomic E-state index is -0.474. The van der Waals surface area contributed by atoms with Gasteiger partial charge in [-0.3, -0.25) is 9.59 Å². The molecule has 2 N–H and O–H groups in total. The fourth-order valence-corrected chi connectivity index (χ4v) is 3.05. The van der Waals surface area contributed by atoms with Gasteiger partial charge in [-0.05, 0) is 59.4 Å². The van der Waals surface area contributed by atoms with Gasteiger partial charge in [0.15, 0.2) is 5.78 Å². The van der Waals surface area contributed by atoms with Crippen LogP contribution in [0.15, 0.2) is 0 Å². The van der Waals surface area contributed by atoms with Gasteiger partial charge < -0.3 is 14.9 Å². The fourth-order valence-electron chi connectivity index (χ4n) is 2.84. The number of halogens is 1. The van der Waals surface area contributed by atoms with Crippen molar-refractivity contribution < 1.29 is 24.5 Å². The molecule has 0 heterocycles. The summed E-state index contributed by atoms with van der Waals surface area (Å²) in [5, 5.41) is 20.7. The van der Waals surface area contributed by atoms with E-state index in [-0.39, 0.29) is 33.8 Å². The van der Waals surface area contributed by atoms with Gasteiger partial charge in [-0.2, -0.15) is 0 Å². The Hall–Kier alpha value is -1.75. The molecule has 0 bridgehead atoms. The van der Waals surface area contributed by atoms with Crippen molar-refractivity contribution in [1.82, 2.24) is 0 Å². The van der Waals surface area contributed by atoms with Crippen LogP contribution < -0.4 is 0 Å². The first kappa shape index (κ1) is 23.3. The number of phenolic OH excluding ortho intramolecular Hbond substituents is 2. The zero-order chi connectivity index (χ0) is 20.8. The maximum Gasteiger partial charge on any atom is 0.311 e. The molecule has 27 heavy (non-hydrogen) atoms. The zero-order valence-corrected chi connectivity index (χ0v) is 17.7. The van der Waals surface area contributed by atoms with Crippen LogP contribution in [0.25, 0.3) is 0 Å². The first-order valence-corrected chi connectivity index (χ1v) is 9.77. The molecule has 1 aromatic rings. The number of carbonyl (C=O) groups excluding carboxylic acids is 2. The smallest absolute Gasteiger partial charge is 0.311 e. The van der Waals surface area contributed by atoms with E-state index in [9.17, 15) is 19.8 Å². The number of unbranched alkanes of at least 4 members (excludes halogenated alkanes) is 4. The van der Waals surface area contributed by atoms with Crippen LogP contribution in [0.5, 0.6) is 11.5 Å². The second-order valence-electron chi connectivity index (χ2n) is 7.95. The summed E-state index contributed by atoms with van der Waals surface area (Å²) in [4.78, 5) is 23.4. The van der Waals surface area contributed by atoms with E-state index in [1.807, 2.05) is 20.8 Å². The Balaban J connectivity index is 2.45. The number of benzene rings is 1. The number of hydrogen-bond donors (Lipinski definition) is 2. The molecule has 1 rings (SSSR count). The molecule has 0 amide bonds. The topological polar surface area (TPSA) is 83.8 Å². The molecular formula is C21H31ClO5. The van der Waals surface area contributed by atoms with E-state index < -0.39 is 5.41 Å². The highest BCUT2D eigenvalue weighted by molar-refractivity contribution is 6.33. The average molecular weight is 399 g/mol. The monoisotopic (exact) mass is 398 g/mol. The predicted octanol–water partition coefficient (Wildman–Crippen LogP) is 5.34. The Kier molecular flexibility index (Phi) is 8.60. The predicted molar refractivity (Wildman–Crippen MR) is 107 cm³/mol. The van der Waals surface area contributed by atoms with E-state index in [4.69, 9.17) is 16.3 Å². The molecule has 0 aliphatic rings. The SMILES string of the molecule is CC(=O)c1c(C)c(Cl)c(O)c(CCCCCCCOC(=O)C(C)(C)C)c1O. The Morgan fingerprint density at radius 3 is 2.11 bits per heavy atom. The van der Waals surface area contributed by atoms with Crippen LogP contribution in [0.4, 0.5) is 0 Å². The van der Waals surface area contributed by atoms with Gasteiger partial charge in [0, 0.05) is 5.56 Å². The van der Waals surface area contributed by atoms with Crippen molar-refractivity contribution in [2.24, 2.45) is 5.41 Å². The lowest BCUT2D eigenvalue weighted by molar-refractivity contribution is -0.153. The molecule has 152 valence electrons. The fraction of sp³-hybridized carbons (Fsp3) is 0.619. The lowest BCUT2D eigenvalue weighted by atomic mass is 9.95. The largest absolute Gasteiger partial charge is 0.507 e. The second kappa shape index (κ2) is 9.98. The van der Waals surface area contributed by atoms with Crippen LogP contribution in [0.1, 0.15) is 81.3 Å². The number of ketones is 1. The van der Waals surface area contributed by atoms with E-state index in [1.54, 1.807) is 6.92 Å². The maximum atomic E-state index is 11.8. The van der Waals surface area contributed by atoms with Crippen molar-refractivity contribution in [3.63, 3.8) is 0 Å². The minimum Gasteiger partial charge on any atom is -0.507 e. The van der Waals surface area contributed by atoms with Crippen LogP contribution in [-0.2, 0) is 16.0 Å². The van der Waals surface area contributed by atoms with Crippen LogP contribution in [0, 0.1) is 12.3 Å². The van der Waals surface area contributed by atoms with Gasteiger partial charge >= 0.3 is 5.97 Å². The molecule has 0 saturated heterocycles. The van der Waals surface area contributed by atoms with Crippen LogP contribution in [-0.4, -0.2) is 28.6 Å². The molecule has 0 saturated carbocycles. The Labute approximate surface area is 166 Å². The number of ether oxygens (including phenoxy) is 1. The summed E-state index contributed by atoms with van der Waals surface area (Å²) < 4.78 is 5.22. The van der Waals surface area contributed by atoms with Crippen molar-refractivity contribution in [3.8, 4) is 11.5 Å². The minimum absolute atomic E-state index is 0.119. The molecule has 0 fully saturated rings. The van der Waals surface area contributed by atoms with Gasteiger partial charge in [-0.25, -0.2) is 0 Å². The van der Waals surface area contributed by atoms with Crippen LogP contribution in [0.2, 0.25) is 5.02 Å². The van der Waals surface area contributed by atoms with Crippen molar-refractivity contribution in [2.75, 3.05) is 6.61 Å². The highest BCUT2D eigenvalue weighted by atomic mass is 35.5. The third kappa shape index (κ3) is 6.42. The first-order valence-electron chi connectivity index (χ1n) is 9.39. The van der Waals surface area contributed by atoms with E-state index in [0.717, 1.165) is 32.1 Å². The lowest BCUT2D eigenvalue weighted by Gasteiger charge is -2.16. The van der Waals surface area contributed by atoms with Gasteiger partial charge in [0.05, 0.1) is 22.6 Å². The lowest BCUT2D eigenvalue weighted by Crippen LogP contribution is -2.23. The highest BCUT2D eigenvalue weighted by Crippen LogP contribution is 2.41. The summed E-state index contributed by atoms with van der Waals surface area (Å²) in [6.45, 7) is 8.88. The van der Waals surface area contributed by atoms with Gasteiger partial charge in [-0.1, -0.05) is 30.9 Å².